The predicted octanol–water partition coefficient (Wildman–Crippen LogP) is 1.94. The van der Waals surface area contributed by atoms with E-state index in [0.29, 0.717) is 25.0 Å². The average molecular weight is 293 g/mol. The second-order valence-electron chi connectivity index (χ2n) is 6.05. The summed E-state index contributed by atoms with van der Waals surface area (Å²) in [7, 11) is 0. The van der Waals surface area contributed by atoms with Gasteiger partial charge >= 0.3 is 6.18 Å². The maximum Gasteiger partial charge on any atom is 0.401 e. The van der Waals surface area contributed by atoms with Gasteiger partial charge in [0.2, 0.25) is 0 Å². The summed E-state index contributed by atoms with van der Waals surface area (Å²) in [6.45, 7) is 6.03. The summed E-state index contributed by atoms with van der Waals surface area (Å²) in [5.41, 5.74) is 0. The Morgan fingerprint density at radius 3 is 2.30 bits per heavy atom. The van der Waals surface area contributed by atoms with Gasteiger partial charge < -0.3 is 10.2 Å². The Morgan fingerprint density at radius 2 is 1.70 bits per heavy atom. The van der Waals surface area contributed by atoms with Crippen LogP contribution in [0.1, 0.15) is 26.2 Å². The third-order valence-electron chi connectivity index (χ3n) is 4.49. The van der Waals surface area contributed by atoms with E-state index in [0.717, 1.165) is 26.2 Å². The van der Waals surface area contributed by atoms with Crippen LogP contribution in [0.4, 0.5) is 13.2 Å². The molecule has 2 unspecified atom stereocenters. The first kappa shape index (κ1) is 16.0. The third-order valence-corrected chi connectivity index (χ3v) is 4.49. The molecule has 0 spiro atoms. The van der Waals surface area contributed by atoms with Crippen LogP contribution in [0.5, 0.6) is 0 Å². The SMILES string of the molecule is CCNC1CCCC1CN1CCN(CC(F)(F)F)CC1. The summed E-state index contributed by atoms with van der Waals surface area (Å²) in [6.07, 6.45) is -0.298. The first-order chi connectivity index (χ1) is 9.48. The third kappa shape index (κ3) is 4.90. The maximum absolute atomic E-state index is 12.3. The number of hydrogen-bond acceptors (Lipinski definition) is 3. The Balaban J connectivity index is 1.71. The van der Waals surface area contributed by atoms with Crippen LogP contribution in [0.2, 0.25) is 0 Å². The largest absolute Gasteiger partial charge is 0.401 e. The lowest BCUT2D eigenvalue weighted by Crippen LogP contribution is -2.51. The van der Waals surface area contributed by atoms with Gasteiger partial charge in [-0.15, -0.1) is 0 Å². The van der Waals surface area contributed by atoms with Crippen molar-refractivity contribution in [3.8, 4) is 0 Å². The molecule has 20 heavy (non-hydrogen) atoms. The van der Waals surface area contributed by atoms with Crippen molar-refractivity contribution < 1.29 is 13.2 Å². The van der Waals surface area contributed by atoms with E-state index in [-0.39, 0.29) is 0 Å². The fourth-order valence-electron chi connectivity index (χ4n) is 3.50. The molecule has 2 aliphatic rings. The average Bonchev–Trinajstić information content (AvgIpc) is 2.78. The van der Waals surface area contributed by atoms with Crippen LogP contribution in [0.3, 0.4) is 0 Å². The van der Waals surface area contributed by atoms with Gasteiger partial charge in [0, 0.05) is 38.8 Å². The Labute approximate surface area is 119 Å². The van der Waals surface area contributed by atoms with E-state index < -0.39 is 12.7 Å². The fraction of sp³-hybridized carbons (Fsp3) is 1.00. The lowest BCUT2D eigenvalue weighted by molar-refractivity contribution is -0.149. The standard InChI is InChI=1S/C14H26F3N3/c1-2-18-13-5-3-4-12(13)10-19-6-8-20(9-7-19)11-14(15,16)17/h12-13,18H,2-11H2,1H3. The summed E-state index contributed by atoms with van der Waals surface area (Å²) in [5, 5.41) is 3.54. The number of hydrogen-bond donors (Lipinski definition) is 1. The van der Waals surface area contributed by atoms with Crippen molar-refractivity contribution in [1.82, 2.24) is 15.1 Å². The summed E-state index contributed by atoms with van der Waals surface area (Å²) in [5.74, 6) is 0.670. The van der Waals surface area contributed by atoms with Gasteiger partial charge in [0.25, 0.3) is 0 Å². The van der Waals surface area contributed by atoms with Crippen molar-refractivity contribution in [3.05, 3.63) is 0 Å². The van der Waals surface area contributed by atoms with E-state index in [2.05, 4.69) is 17.1 Å². The van der Waals surface area contributed by atoms with E-state index in [9.17, 15) is 13.2 Å². The molecule has 1 saturated heterocycles. The molecule has 2 rings (SSSR count). The molecule has 0 aromatic heterocycles. The van der Waals surface area contributed by atoms with Crippen LogP contribution >= 0.6 is 0 Å². The number of nitrogens with zero attached hydrogens (tertiary/aromatic N) is 2. The normalized spacial score (nSPS) is 30.0. The van der Waals surface area contributed by atoms with Crippen LogP contribution in [-0.2, 0) is 0 Å². The van der Waals surface area contributed by atoms with Gasteiger partial charge in [-0.2, -0.15) is 13.2 Å². The van der Waals surface area contributed by atoms with Crippen molar-refractivity contribution in [2.24, 2.45) is 5.92 Å². The zero-order valence-electron chi connectivity index (χ0n) is 12.3. The molecule has 2 fully saturated rings. The molecular weight excluding hydrogens is 267 g/mol. The summed E-state index contributed by atoms with van der Waals surface area (Å²) < 4.78 is 37.0. The Morgan fingerprint density at radius 1 is 1.05 bits per heavy atom. The van der Waals surface area contributed by atoms with Gasteiger partial charge in [0.15, 0.2) is 0 Å². The van der Waals surface area contributed by atoms with Gasteiger partial charge in [0.1, 0.15) is 0 Å². The molecule has 1 aliphatic carbocycles. The molecule has 118 valence electrons. The lowest BCUT2D eigenvalue weighted by Gasteiger charge is -2.37. The lowest BCUT2D eigenvalue weighted by atomic mass is 10.0. The summed E-state index contributed by atoms with van der Waals surface area (Å²) in [6, 6.07) is 0.605. The number of alkyl halides is 3. The van der Waals surface area contributed by atoms with Crippen LogP contribution in [0.25, 0.3) is 0 Å². The fourth-order valence-corrected chi connectivity index (χ4v) is 3.50. The van der Waals surface area contributed by atoms with Crippen LogP contribution in [0.15, 0.2) is 0 Å². The van der Waals surface area contributed by atoms with Gasteiger partial charge in [-0.1, -0.05) is 13.3 Å². The van der Waals surface area contributed by atoms with Crippen molar-refractivity contribution >= 4 is 0 Å². The van der Waals surface area contributed by atoms with Crippen molar-refractivity contribution in [2.45, 2.75) is 38.4 Å². The zero-order chi connectivity index (χ0) is 14.6. The first-order valence-electron chi connectivity index (χ1n) is 7.73. The minimum atomic E-state index is -4.07. The highest BCUT2D eigenvalue weighted by molar-refractivity contribution is 4.86. The number of halogens is 3. The Kier molecular flexibility index (Phi) is 5.69. The summed E-state index contributed by atoms with van der Waals surface area (Å²) in [4.78, 5) is 3.86. The molecule has 1 heterocycles. The van der Waals surface area contributed by atoms with Gasteiger partial charge in [-0.05, 0) is 25.3 Å². The quantitative estimate of drug-likeness (QED) is 0.836. The molecule has 1 N–H and O–H groups in total. The van der Waals surface area contributed by atoms with E-state index in [4.69, 9.17) is 0 Å². The molecular formula is C14H26F3N3. The smallest absolute Gasteiger partial charge is 0.314 e. The topological polar surface area (TPSA) is 18.5 Å². The van der Waals surface area contributed by atoms with E-state index in [1.54, 1.807) is 0 Å². The molecule has 0 aromatic carbocycles. The van der Waals surface area contributed by atoms with E-state index >= 15 is 0 Å². The maximum atomic E-state index is 12.3. The summed E-state index contributed by atoms with van der Waals surface area (Å²) >= 11 is 0. The molecule has 1 saturated carbocycles. The second-order valence-corrected chi connectivity index (χ2v) is 6.05. The van der Waals surface area contributed by atoms with Gasteiger partial charge in [0.05, 0.1) is 6.54 Å². The number of piperazine rings is 1. The van der Waals surface area contributed by atoms with Gasteiger partial charge in [-0.25, -0.2) is 0 Å². The molecule has 6 heteroatoms. The zero-order valence-corrected chi connectivity index (χ0v) is 12.3. The van der Waals surface area contributed by atoms with Crippen molar-refractivity contribution in [3.63, 3.8) is 0 Å². The van der Waals surface area contributed by atoms with Crippen molar-refractivity contribution in [2.75, 3.05) is 45.8 Å². The van der Waals surface area contributed by atoms with Gasteiger partial charge in [-0.3, -0.25) is 4.90 Å². The molecule has 3 nitrogen and oxygen atoms in total. The van der Waals surface area contributed by atoms with E-state index in [1.165, 1.54) is 24.2 Å². The predicted molar refractivity (Wildman–Crippen MR) is 73.7 cm³/mol. The minimum Gasteiger partial charge on any atom is -0.314 e. The van der Waals surface area contributed by atoms with Crippen LogP contribution < -0.4 is 5.32 Å². The van der Waals surface area contributed by atoms with Crippen LogP contribution in [-0.4, -0.2) is 67.8 Å². The van der Waals surface area contributed by atoms with E-state index in [1.807, 2.05) is 0 Å². The second kappa shape index (κ2) is 7.09. The Bertz CT molecular complexity index is 288. The highest BCUT2D eigenvalue weighted by Crippen LogP contribution is 2.27. The number of nitrogens with one attached hydrogen (secondary N) is 1. The minimum absolute atomic E-state index is 0.540. The molecule has 0 amide bonds. The molecule has 2 atom stereocenters. The molecule has 0 aromatic rings. The highest BCUT2D eigenvalue weighted by Gasteiger charge is 2.33. The molecule has 0 bridgehead atoms. The molecule has 0 radical (unpaired) electrons. The highest BCUT2D eigenvalue weighted by atomic mass is 19.4. The Hall–Kier alpha value is -0.330. The van der Waals surface area contributed by atoms with Crippen LogP contribution in [0, 0.1) is 5.92 Å². The number of rotatable bonds is 5. The molecule has 1 aliphatic heterocycles. The monoisotopic (exact) mass is 293 g/mol. The van der Waals surface area contributed by atoms with Crippen molar-refractivity contribution in [1.29, 1.82) is 0 Å². The first-order valence-corrected chi connectivity index (χ1v) is 7.73.